The Bertz CT molecular complexity index is 767. The zero-order valence-electron chi connectivity index (χ0n) is 13.6. The number of fused-ring (bicyclic) bond motifs is 1. The van der Waals surface area contributed by atoms with Crippen molar-refractivity contribution in [2.24, 2.45) is 0 Å². The Labute approximate surface area is 149 Å². The average molecular weight is 353 g/mol. The normalized spacial score (nSPS) is 23.1. The topological polar surface area (TPSA) is 46.6 Å². The van der Waals surface area contributed by atoms with Gasteiger partial charge in [-0.2, -0.15) is 0 Å². The van der Waals surface area contributed by atoms with Crippen LogP contribution in [0.15, 0.2) is 72.9 Å². The van der Waals surface area contributed by atoms with Gasteiger partial charge in [-0.3, -0.25) is 4.79 Å². The maximum absolute atomic E-state index is 12.9. The maximum atomic E-state index is 12.9. The molecule has 1 saturated heterocycles. The number of β-lactam (4-membered cyclic amide) rings is 1. The molecule has 0 aliphatic carbocycles. The Hall–Kier alpha value is -2.53. The summed E-state index contributed by atoms with van der Waals surface area (Å²) < 4.78 is 5.97. The van der Waals surface area contributed by atoms with Crippen molar-refractivity contribution in [3.63, 3.8) is 0 Å². The van der Waals surface area contributed by atoms with Crippen LogP contribution >= 0.6 is 10.9 Å². The van der Waals surface area contributed by atoms with E-state index in [0.717, 1.165) is 11.1 Å². The van der Waals surface area contributed by atoms with Crippen LogP contribution < -0.4 is 0 Å². The lowest BCUT2D eigenvalue weighted by Gasteiger charge is -2.45. The Morgan fingerprint density at radius 2 is 1.64 bits per heavy atom. The fourth-order valence-corrected chi connectivity index (χ4v) is 5.28. The standard InChI is InChI=1S/C20H19NO3S/c22-17-14-18-21(17)12-7-13-25(18)20(23)24-19(15-8-3-1-4-9-15)16-10-5-2-6-11-16/h1-12,18-19,25H,13-14H2. The molecule has 0 saturated carbocycles. The first-order valence-electron chi connectivity index (χ1n) is 8.29. The van der Waals surface area contributed by atoms with Crippen LogP contribution in [0.3, 0.4) is 0 Å². The van der Waals surface area contributed by atoms with Crippen LogP contribution in [-0.4, -0.2) is 27.2 Å². The number of benzene rings is 2. The van der Waals surface area contributed by atoms with E-state index in [-0.39, 0.29) is 16.6 Å². The molecule has 4 nitrogen and oxygen atoms in total. The Kier molecular flexibility index (Phi) is 4.32. The van der Waals surface area contributed by atoms with Gasteiger partial charge in [0.15, 0.2) is 6.10 Å². The van der Waals surface area contributed by atoms with Gasteiger partial charge in [-0.1, -0.05) is 66.7 Å². The average Bonchev–Trinajstić information content (AvgIpc) is 2.66. The van der Waals surface area contributed by atoms with E-state index >= 15 is 0 Å². The van der Waals surface area contributed by atoms with Crippen LogP contribution in [0.4, 0.5) is 4.79 Å². The van der Waals surface area contributed by atoms with E-state index in [1.54, 1.807) is 11.1 Å². The third kappa shape index (κ3) is 3.07. The smallest absolute Gasteiger partial charge is 0.350 e. The lowest BCUT2D eigenvalue weighted by atomic mass is 10.0. The van der Waals surface area contributed by atoms with Gasteiger partial charge in [0.25, 0.3) is 0 Å². The molecule has 5 heteroatoms. The monoisotopic (exact) mass is 353 g/mol. The number of hydrogen-bond acceptors (Lipinski definition) is 3. The predicted molar refractivity (Wildman–Crippen MR) is 99.5 cm³/mol. The molecule has 2 aliphatic heterocycles. The number of hydrogen-bond donors (Lipinski definition) is 1. The van der Waals surface area contributed by atoms with Crippen LogP contribution in [0.1, 0.15) is 23.7 Å². The van der Waals surface area contributed by atoms with Gasteiger partial charge in [-0.25, -0.2) is 4.79 Å². The molecule has 2 heterocycles. The van der Waals surface area contributed by atoms with Crippen molar-refractivity contribution >= 4 is 22.1 Å². The fourth-order valence-electron chi connectivity index (χ4n) is 3.20. The van der Waals surface area contributed by atoms with Crippen molar-refractivity contribution in [3.8, 4) is 0 Å². The van der Waals surface area contributed by atoms with Gasteiger partial charge in [0, 0.05) is 12.0 Å². The Balaban J connectivity index is 1.58. The molecular weight excluding hydrogens is 334 g/mol. The molecule has 128 valence electrons. The highest BCUT2D eigenvalue weighted by Crippen LogP contribution is 2.47. The van der Waals surface area contributed by atoms with Crippen LogP contribution in [-0.2, 0) is 9.53 Å². The van der Waals surface area contributed by atoms with Gasteiger partial charge >= 0.3 is 5.30 Å². The third-order valence-electron chi connectivity index (χ3n) is 4.55. The van der Waals surface area contributed by atoms with Crippen molar-refractivity contribution in [2.45, 2.75) is 17.9 Å². The molecule has 0 bridgehead atoms. The van der Waals surface area contributed by atoms with Crippen molar-refractivity contribution in [1.29, 1.82) is 0 Å². The highest BCUT2D eigenvalue weighted by molar-refractivity contribution is 8.30. The van der Waals surface area contributed by atoms with E-state index in [9.17, 15) is 9.59 Å². The van der Waals surface area contributed by atoms with E-state index < -0.39 is 17.0 Å². The molecule has 0 spiro atoms. The quantitative estimate of drug-likeness (QED) is 0.515. The van der Waals surface area contributed by atoms with Crippen molar-refractivity contribution < 1.29 is 14.3 Å². The van der Waals surface area contributed by atoms with Gasteiger partial charge in [0.2, 0.25) is 5.91 Å². The second-order valence-corrected chi connectivity index (χ2v) is 8.37. The molecular formula is C20H19NO3S. The first-order chi connectivity index (χ1) is 12.2. The van der Waals surface area contributed by atoms with E-state index in [1.807, 2.05) is 66.7 Å². The minimum atomic E-state index is -1.03. The Morgan fingerprint density at radius 1 is 1.04 bits per heavy atom. The van der Waals surface area contributed by atoms with Crippen LogP contribution in [0, 0.1) is 0 Å². The van der Waals surface area contributed by atoms with Crippen molar-refractivity contribution in [2.75, 3.05) is 5.75 Å². The Morgan fingerprint density at radius 3 is 2.20 bits per heavy atom. The first-order valence-corrected chi connectivity index (χ1v) is 9.88. The number of thiol groups is 1. The number of rotatable bonds is 3. The second-order valence-electron chi connectivity index (χ2n) is 6.11. The van der Waals surface area contributed by atoms with Gasteiger partial charge in [0.1, 0.15) is 0 Å². The number of carbonyl (C=O) groups excluding carboxylic acids is 2. The molecule has 1 amide bonds. The molecule has 0 radical (unpaired) electrons. The van der Waals surface area contributed by atoms with E-state index in [0.29, 0.717) is 12.2 Å². The van der Waals surface area contributed by atoms with Crippen LogP contribution in [0.5, 0.6) is 0 Å². The molecule has 2 unspecified atom stereocenters. The molecule has 4 rings (SSSR count). The third-order valence-corrected chi connectivity index (χ3v) is 6.88. The van der Waals surface area contributed by atoms with Gasteiger partial charge in [0.05, 0.1) is 11.8 Å². The molecule has 0 N–H and O–H groups in total. The van der Waals surface area contributed by atoms with E-state index in [2.05, 4.69) is 0 Å². The largest absolute Gasteiger partial charge is 0.446 e. The van der Waals surface area contributed by atoms with Crippen molar-refractivity contribution in [1.82, 2.24) is 4.90 Å². The zero-order valence-corrected chi connectivity index (χ0v) is 14.5. The number of nitrogens with zero attached hydrogens (tertiary/aromatic N) is 1. The minimum Gasteiger partial charge on any atom is -0.446 e. The summed E-state index contributed by atoms with van der Waals surface area (Å²) in [5.41, 5.74) is 1.90. The molecule has 0 aromatic heterocycles. The number of carbonyl (C=O) groups is 2. The lowest BCUT2D eigenvalue weighted by Crippen LogP contribution is -2.51. The maximum Gasteiger partial charge on any atom is 0.350 e. The molecule has 2 atom stereocenters. The van der Waals surface area contributed by atoms with Gasteiger partial charge < -0.3 is 9.64 Å². The van der Waals surface area contributed by atoms with Crippen LogP contribution in [0.25, 0.3) is 0 Å². The molecule has 2 aromatic carbocycles. The van der Waals surface area contributed by atoms with Crippen molar-refractivity contribution in [3.05, 3.63) is 84.1 Å². The second kappa shape index (κ2) is 6.76. The molecule has 25 heavy (non-hydrogen) atoms. The molecule has 2 aliphatic rings. The predicted octanol–water partition coefficient (Wildman–Crippen LogP) is 4.00. The first kappa shape index (κ1) is 16.0. The summed E-state index contributed by atoms with van der Waals surface area (Å²) in [4.78, 5) is 26.2. The zero-order chi connectivity index (χ0) is 17.2. The van der Waals surface area contributed by atoms with Crippen LogP contribution in [0.2, 0.25) is 0 Å². The summed E-state index contributed by atoms with van der Waals surface area (Å²) in [5, 5.41) is -0.174. The summed E-state index contributed by atoms with van der Waals surface area (Å²) in [7, 11) is -1.03. The lowest BCUT2D eigenvalue weighted by molar-refractivity contribution is -0.137. The summed E-state index contributed by atoms with van der Waals surface area (Å²) in [6, 6.07) is 19.6. The van der Waals surface area contributed by atoms with Gasteiger partial charge in [-0.15, -0.1) is 10.9 Å². The minimum absolute atomic E-state index is 0.00666. The number of amides is 1. The summed E-state index contributed by atoms with van der Waals surface area (Å²) >= 11 is 0. The molecule has 1 fully saturated rings. The number of ether oxygens (including phenoxy) is 1. The highest BCUT2D eigenvalue weighted by Gasteiger charge is 2.43. The summed E-state index contributed by atoms with van der Waals surface area (Å²) in [6.07, 6.45) is 3.73. The van der Waals surface area contributed by atoms with E-state index in [1.165, 1.54) is 0 Å². The van der Waals surface area contributed by atoms with E-state index in [4.69, 9.17) is 4.74 Å². The summed E-state index contributed by atoms with van der Waals surface area (Å²) in [5.74, 6) is 0.766. The highest BCUT2D eigenvalue weighted by atomic mass is 32.2. The SMILES string of the molecule is O=C1CC2N1C=CC[SH]2C(=O)OC(c1ccccc1)c1ccccc1. The fraction of sp³-hybridized carbons (Fsp3) is 0.200. The van der Waals surface area contributed by atoms with Gasteiger partial charge in [-0.05, 0) is 11.1 Å². The molecule has 2 aromatic rings. The summed E-state index contributed by atoms with van der Waals surface area (Å²) in [6.45, 7) is 0.